The SMILES string of the molecule is CCOc1ncccc1NC(=O)C[C@@H](CN)CC(C)C. The lowest BCUT2D eigenvalue weighted by Crippen LogP contribution is -2.23. The normalized spacial score (nSPS) is 12.2. The fourth-order valence-corrected chi connectivity index (χ4v) is 2.13. The Hall–Kier alpha value is -1.62. The summed E-state index contributed by atoms with van der Waals surface area (Å²) in [5, 5.41) is 2.85. The molecule has 0 aromatic carbocycles. The number of hydrogen-bond donors (Lipinski definition) is 2. The van der Waals surface area contributed by atoms with Crippen molar-refractivity contribution >= 4 is 11.6 Å². The molecule has 20 heavy (non-hydrogen) atoms. The first-order chi connectivity index (χ1) is 9.56. The van der Waals surface area contributed by atoms with Gasteiger partial charge in [-0.15, -0.1) is 0 Å². The topological polar surface area (TPSA) is 77.2 Å². The zero-order chi connectivity index (χ0) is 15.0. The number of aromatic nitrogens is 1. The molecule has 0 aliphatic carbocycles. The number of nitrogens with one attached hydrogen (secondary N) is 1. The minimum absolute atomic E-state index is 0.0462. The predicted octanol–water partition coefficient (Wildman–Crippen LogP) is 2.43. The Morgan fingerprint density at radius 2 is 2.25 bits per heavy atom. The van der Waals surface area contributed by atoms with E-state index < -0.39 is 0 Å². The van der Waals surface area contributed by atoms with Gasteiger partial charge in [0.2, 0.25) is 11.8 Å². The summed E-state index contributed by atoms with van der Waals surface area (Å²) in [6.07, 6.45) is 3.02. The number of carbonyl (C=O) groups excluding carboxylic acids is 1. The first-order valence-corrected chi connectivity index (χ1v) is 7.14. The molecule has 0 aliphatic heterocycles. The molecule has 0 saturated heterocycles. The second kappa shape index (κ2) is 8.53. The highest BCUT2D eigenvalue weighted by atomic mass is 16.5. The molecule has 1 amide bonds. The van der Waals surface area contributed by atoms with Gasteiger partial charge in [-0.25, -0.2) is 4.98 Å². The lowest BCUT2D eigenvalue weighted by molar-refractivity contribution is -0.117. The molecule has 1 rings (SSSR count). The minimum atomic E-state index is -0.0462. The van der Waals surface area contributed by atoms with Crippen molar-refractivity contribution in [1.82, 2.24) is 4.98 Å². The molecule has 0 spiro atoms. The van der Waals surface area contributed by atoms with Crippen molar-refractivity contribution in [1.29, 1.82) is 0 Å². The number of nitrogens with zero attached hydrogens (tertiary/aromatic N) is 1. The van der Waals surface area contributed by atoms with Gasteiger partial charge in [0.25, 0.3) is 0 Å². The Bertz CT molecular complexity index is 421. The van der Waals surface area contributed by atoms with Crippen molar-refractivity contribution in [3.63, 3.8) is 0 Å². The third-order valence-corrected chi connectivity index (χ3v) is 2.94. The van der Waals surface area contributed by atoms with Gasteiger partial charge in [0, 0.05) is 12.6 Å². The van der Waals surface area contributed by atoms with Gasteiger partial charge in [0.1, 0.15) is 5.69 Å². The zero-order valence-electron chi connectivity index (χ0n) is 12.6. The van der Waals surface area contributed by atoms with Crippen LogP contribution in [0.1, 0.15) is 33.6 Å². The standard InChI is InChI=1S/C15H25N3O2/c1-4-20-15-13(6-5-7-17-15)18-14(19)9-12(10-16)8-11(2)3/h5-7,11-12H,4,8-10,16H2,1-3H3,(H,18,19)/t12-/m0/s1. The Labute approximate surface area is 120 Å². The molecule has 0 bridgehead atoms. The average molecular weight is 279 g/mol. The highest BCUT2D eigenvalue weighted by Gasteiger charge is 2.15. The van der Waals surface area contributed by atoms with Crippen molar-refractivity contribution in [2.24, 2.45) is 17.6 Å². The lowest BCUT2D eigenvalue weighted by Gasteiger charge is -2.17. The van der Waals surface area contributed by atoms with E-state index in [1.165, 1.54) is 0 Å². The van der Waals surface area contributed by atoms with Crippen LogP contribution in [0.3, 0.4) is 0 Å². The van der Waals surface area contributed by atoms with Crippen molar-refractivity contribution in [2.45, 2.75) is 33.6 Å². The number of rotatable bonds is 8. The summed E-state index contributed by atoms with van der Waals surface area (Å²) < 4.78 is 5.38. The molecule has 5 nitrogen and oxygen atoms in total. The van der Waals surface area contributed by atoms with Gasteiger partial charge in [-0.2, -0.15) is 0 Å². The second-order valence-electron chi connectivity index (χ2n) is 5.27. The molecule has 0 radical (unpaired) electrons. The van der Waals surface area contributed by atoms with Crippen LogP contribution in [0.4, 0.5) is 5.69 Å². The second-order valence-corrected chi connectivity index (χ2v) is 5.27. The third-order valence-electron chi connectivity index (χ3n) is 2.94. The van der Waals surface area contributed by atoms with Gasteiger partial charge in [0.15, 0.2) is 0 Å². The van der Waals surface area contributed by atoms with E-state index in [1.807, 2.05) is 6.92 Å². The van der Waals surface area contributed by atoms with Crippen molar-refractivity contribution in [3.8, 4) is 5.88 Å². The van der Waals surface area contributed by atoms with Crippen LogP contribution >= 0.6 is 0 Å². The van der Waals surface area contributed by atoms with Crippen LogP contribution in [-0.4, -0.2) is 24.0 Å². The molecule has 5 heteroatoms. The van der Waals surface area contributed by atoms with Crippen molar-refractivity contribution in [3.05, 3.63) is 18.3 Å². The van der Waals surface area contributed by atoms with E-state index in [9.17, 15) is 4.79 Å². The molecule has 0 unspecified atom stereocenters. The summed E-state index contributed by atoms with van der Waals surface area (Å²) in [5.74, 6) is 1.16. The number of anilines is 1. The van der Waals surface area contributed by atoms with E-state index in [0.29, 0.717) is 37.1 Å². The van der Waals surface area contributed by atoms with E-state index in [0.717, 1.165) is 6.42 Å². The largest absolute Gasteiger partial charge is 0.476 e. The van der Waals surface area contributed by atoms with E-state index >= 15 is 0 Å². The van der Waals surface area contributed by atoms with Crippen LogP contribution in [0.15, 0.2) is 18.3 Å². The smallest absolute Gasteiger partial charge is 0.237 e. The van der Waals surface area contributed by atoms with Crippen LogP contribution < -0.4 is 15.8 Å². The van der Waals surface area contributed by atoms with Gasteiger partial charge in [-0.3, -0.25) is 4.79 Å². The van der Waals surface area contributed by atoms with E-state index in [2.05, 4.69) is 24.1 Å². The molecule has 3 N–H and O–H groups in total. The predicted molar refractivity (Wildman–Crippen MR) is 80.7 cm³/mol. The molecule has 0 fully saturated rings. The van der Waals surface area contributed by atoms with E-state index in [1.54, 1.807) is 18.3 Å². The van der Waals surface area contributed by atoms with E-state index in [4.69, 9.17) is 10.5 Å². The maximum absolute atomic E-state index is 12.1. The Kier molecular flexibility index (Phi) is 7.01. The summed E-state index contributed by atoms with van der Waals surface area (Å²) in [6, 6.07) is 3.56. The highest BCUT2D eigenvalue weighted by molar-refractivity contribution is 5.92. The van der Waals surface area contributed by atoms with Crippen molar-refractivity contribution in [2.75, 3.05) is 18.5 Å². The highest BCUT2D eigenvalue weighted by Crippen LogP contribution is 2.22. The van der Waals surface area contributed by atoms with Crippen molar-refractivity contribution < 1.29 is 9.53 Å². The van der Waals surface area contributed by atoms with Crippen LogP contribution in [0.2, 0.25) is 0 Å². The first kappa shape index (κ1) is 16.4. The number of ether oxygens (including phenoxy) is 1. The Morgan fingerprint density at radius 1 is 1.50 bits per heavy atom. The lowest BCUT2D eigenvalue weighted by atomic mass is 9.94. The summed E-state index contributed by atoms with van der Waals surface area (Å²) >= 11 is 0. The van der Waals surface area contributed by atoms with Crippen LogP contribution in [0.25, 0.3) is 0 Å². The molecule has 1 aromatic rings. The van der Waals surface area contributed by atoms with Gasteiger partial charge in [-0.05, 0) is 43.9 Å². The van der Waals surface area contributed by atoms with Gasteiger partial charge < -0.3 is 15.8 Å². The molecule has 0 saturated carbocycles. The molecule has 112 valence electrons. The van der Waals surface area contributed by atoms with Gasteiger partial charge in [0.05, 0.1) is 6.61 Å². The van der Waals surface area contributed by atoms with Crippen LogP contribution in [0.5, 0.6) is 5.88 Å². The fraction of sp³-hybridized carbons (Fsp3) is 0.600. The third kappa shape index (κ3) is 5.57. The molecule has 0 aliphatic rings. The number of nitrogens with two attached hydrogens (primary N) is 1. The summed E-state index contributed by atoms with van der Waals surface area (Å²) in [6.45, 7) is 7.19. The maximum Gasteiger partial charge on any atom is 0.237 e. The number of hydrogen-bond acceptors (Lipinski definition) is 4. The molecule has 1 heterocycles. The fourth-order valence-electron chi connectivity index (χ4n) is 2.13. The summed E-state index contributed by atoms with van der Waals surface area (Å²) in [7, 11) is 0. The molecular formula is C15H25N3O2. The van der Waals surface area contributed by atoms with E-state index in [-0.39, 0.29) is 11.8 Å². The first-order valence-electron chi connectivity index (χ1n) is 7.14. The summed E-state index contributed by atoms with van der Waals surface area (Å²) in [5.41, 5.74) is 6.33. The van der Waals surface area contributed by atoms with Gasteiger partial charge >= 0.3 is 0 Å². The Balaban J connectivity index is 2.61. The zero-order valence-corrected chi connectivity index (χ0v) is 12.6. The summed E-state index contributed by atoms with van der Waals surface area (Å²) in [4.78, 5) is 16.2. The Morgan fingerprint density at radius 3 is 2.85 bits per heavy atom. The van der Waals surface area contributed by atoms with Crippen LogP contribution in [-0.2, 0) is 4.79 Å². The number of carbonyl (C=O) groups is 1. The van der Waals surface area contributed by atoms with Crippen LogP contribution in [0, 0.1) is 11.8 Å². The monoisotopic (exact) mass is 279 g/mol. The quantitative estimate of drug-likeness (QED) is 0.766. The molecule has 1 atom stereocenters. The number of pyridine rings is 1. The molecular weight excluding hydrogens is 254 g/mol. The number of amides is 1. The maximum atomic E-state index is 12.1. The van der Waals surface area contributed by atoms with Gasteiger partial charge in [-0.1, -0.05) is 13.8 Å². The minimum Gasteiger partial charge on any atom is -0.476 e. The molecule has 1 aromatic heterocycles. The average Bonchev–Trinajstić information content (AvgIpc) is 2.40.